The number of rotatable bonds is 6. The summed E-state index contributed by atoms with van der Waals surface area (Å²) >= 11 is 5.29. The molecule has 0 spiro atoms. The topological polar surface area (TPSA) is 29.1 Å². The molecular formula is C12H22BrNOS. The van der Waals surface area contributed by atoms with E-state index >= 15 is 0 Å². The number of halogens is 1. The van der Waals surface area contributed by atoms with E-state index in [9.17, 15) is 4.79 Å². The molecule has 1 amide bonds. The van der Waals surface area contributed by atoms with Crippen LogP contribution in [0.3, 0.4) is 0 Å². The molecule has 1 heterocycles. The molecule has 0 bridgehead atoms. The quantitative estimate of drug-likeness (QED) is 0.603. The maximum absolute atomic E-state index is 11.8. The molecule has 1 saturated heterocycles. The Morgan fingerprint density at radius 3 is 3.00 bits per heavy atom. The van der Waals surface area contributed by atoms with Crippen LogP contribution >= 0.6 is 27.7 Å². The van der Waals surface area contributed by atoms with Crippen molar-refractivity contribution in [3.05, 3.63) is 0 Å². The molecule has 1 aliphatic heterocycles. The van der Waals surface area contributed by atoms with Crippen LogP contribution in [0, 0.1) is 5.92 Å². The summed E-state index contributed by atoms with van der Waals surface area (Å²) in [6.45, 7) is 3.07. The third kappa shape index (κ3) is 5.58. The first-order chi connectivity index (χ1) is 7.74. The molecule has 2 unspecified atom stereocenters. The minimum Gasteiger partial charge on any atom is -0.355 e. The molecule has 4 heteroatoms. The van der Waals surface area contributed by atoms with E-state index in [1.165, 1.54) is 19.3 Å². The fourth-order valence-electron chi connectivity index (χ4n) is 1.80. The molecule has 2 nitrogen and oxygen atoms in total. The fourth-order valence-corrected chi connectivity index (χ4v) is 3.35. The Hall–Kier alpha value is 0.300. The number of thioether (sulfide) groups is 1. The minimum absolute atomic E-state index is 0.224. The number of hydrogen-bond acceptors (Lipinski definition) is 2. The van der Waals surface area contributed by atoms with Gasteiger partial charge in [-0.2, -0.15) is 0 Å². The summed E-state index contributed by atoms with van der Waals surface area (Å²) in [6, 6.07) is 0. The molecule has 1 aliphatic rings. The second kappa shape index (κ2) is 8.40. The van der Waals surface area contributed by atoms with E-state index in [1.54, 1.807) is 0 Å². The predicted molar refractivity (Wildman–Crippen MR) is 75.3 cm³/mol. The molecule has 1 fully saturated rings. The van der Waals surface area contributed by atoms with Crippen LogP contribution in [0.25, 0.3) is 0 Å². The highest BCUT2D eigenvalue weighted by Crippen LogP contribution is 2.24. The van der Waals surface area contributed by atoms with Crippen molar-refractivity contribution in [2.24, 2.45) is 5.92 Å². The number of hydrogen-bond donors (Lipinski definition) is 1. The molecule has 0 aromatic rings. The van der Waals surface area contributed by atoms with Crippen LogP contribution < -0.4 is 5.32 Å². The molecule has 0 aromatic carbocycles. The van der Waals surface area contributed by atoms with Gasteiger partial charge in [-0.1, -0.05) is 29.3 Å². The molecule has 0 aromatic heterocycles. The van der Waals surface area contributed by atoms with Gasteiger partial charge in [0.2, 0.25) is 5.91 Å². The van der Waals surface area contributed by atoms with Crippen LogP contribution in [0.1, 0.15) is 39.0 Å². The SMILES string of the molecule is CC(CBr)CCCNC(=O)C1CCCCS1. The van der Waals surface area contributed by atoms with Crippen molar-refractivity contribution in [3.8, 4) is 0 Å². The summed E-state index contributed by atoms with van der Waals surface area (Å²) in [5.41, 5.74) is 0. The summed E-state index contributed by atoms with van der Waals surface area (Å²) in [5.74, 6) is 2.12. The average molecular weight is 308 g/mol. The first kappa shape index (κ1) is 14.4. The van der Waals surface area contributed by atoms with Gasteiger partial charge >= 0.3 is 0 Å². The lowest BCUT2D eigenvalue weighted by molar-refractivity contribution is -0.120. The highest BCUT2D eigenvalue weighted by Gasteiger charge is 2.20. The second-order valence-corrected chi connectivity index (χ2v) is 6.51. The van der Waals surface area contributed by atoms with Gasteiger partial charge < -0.3 is 5.32 Å². The van der Waals surface area contributed by atoms with Crippen LogP contribution in [-0.4, -0.2) is 28.8 Å². The van der Waals surface area contributed by atoms with Crippen LogP contribution in [0.4, 0.5) is 0 Å². The Balaban J connectivity index is 2.05. The van der Waals surface area contributed by atoms with E-state index in [2.05, 4.69) is 28.2 Å². The Morgan fingerprint density at radius 2 is 2.38 bits per heavy atom. The van der Waals surface area contributed by atoms with E-state index in [1.807, 2.05) is 11.8 Å². The number of carbonyl (C=O) groups excluding carboxylic acids is 1. The summed E-state index contributed by atoms with van der Waals surface area (Å²) in [7, 11) is 0. The Kier molecular flexibility index (Phi) is 7.54. The summed E-state index contributed by atoms with van der Waals surface area (Å²) in [5, 5.41) is 4.34. The van der Waals surface area contributed by atoms with E-state index in [4.69, 9.17) is 0 Å². The number of nitrogens with one attached hydrogen (secondary N) is 1. The van der Waals surface area contributed by atoms with Gasteiger partial charge in [0.25, 0.3) is 0 Å². The van der Waals surface area contributed by atoms with Crippen LogP contribution in [0.15, 0.2) is 0 Å². The number of carbonyl (C=O) groups is 1. The monoisotopic (exact) mass is 307 g/mol. The first-order valence-electron chi connectivity index (χ1n) is 6.19. The Bertz CT molecular complexity index is 207. The molecule has 2 atom stereocenters. The maximum Gasteiger partial charge on any atom is 0.233 e. The largest absolute Gasteiger partial charge is 0.355 e. The van der Waals surface area contributed by atoms with Gasteiger partial charge in [0.15, 0.2) is 0 Å². The molecule has 0 aliphatic carbocycles. The molecule has 0 radical (unpaired) electrons. The van der Waals surface area contributed by atoms with Crippen molar-refractivity contribution in [1.29, 1.82) is 0 Å². The van der Waals surface area contributed by atoms with Crippen LogP contribution in [0.2, 0.25) is 0 Å². The lowest BCUT2D eigenvalue weighted by Gasteiger charge is -2.20. The number of alkyl halides is 1. The van der Waals surface area contributed by atoms with Crippen LogP contribution in [0.5, 0.6) is 0 Å². The summed E-state index contributed by atoms with van der Waals surface area (Å²) in [4.78, 5) is 11.8. The van der Waals surface area contributed by atoms with E-state index in [0.29, 0.717) is 5.92 Å². The zero-order valence-corrected chi connectivity index (χ0v) is 12.4. The molecular weight excluding hydrogens is 286 g/mol. The third-order valence-corrected chi connectivity index (χ3v) is 5.39. The maximum atomic E-state index is 11.8. The average Bonchev–Trinajstić information content (AvgIpc) is 2.35. The van der Waals surface area contributed by atoms with Crippen molar-refractivity contribution in [3.63, 3.8) is 0 Å². The minimum atomic E-state index is 0.224. The van der Waals surface area contributed by atoms with Crippen molar-refractivity contribution in [2.45, 2.75) is 44.3 Å². The second-order valence-electron chi connectivity index (χ2n) is 4.55. The van der Waals surface area contributed by atoms with E-state index in [-0.39, 0.29) is 11.2 Å². The molecule has 1 N–H and O–H groups in total. The normalized spacial score (nSPS) is 22.8. The first-order valence-corrected chi connectivity index (χ1v) is 8.36. The van der Waals surface area contributed by atoms with Gasteiger partial charge in [-0.3, -0.25) is 4.79 Å². The standard InChI is InChI=1S/C12H22BrNOS/c1-10(9-13)5-4-7-14-12(15)11-6-2-3-8-16-11/h10-11H,2-9H2,1H3,(H,14,15). The highest BCUT2D eigenvalue weighted by atomic mass is 79.9. The van der Waals surface area contributed by atoms with Gasteiger partial charge in [0.1, 0.15) is 0 Å². The Morgan fingerprint density at radius 1 is 1.56 bits per heavy atom. The zero-order valence-electron chi connectivity index (χ0n) is 10.0. The van der Waals surface area contributed by atoms with Gasteiger partial charge in [-0.15, -0.1) is 11.8 Å². The van der Waals surface area contributed by atoms with Crippen molar-refractivity contribution in [2.75, 3.05) is 17.6 Å². The van der Waals surface area contributed by atoms with E-state index < -0.39 is 0 Å². The summed E-state index contributed by atoms with van der Waals surface area (Å²) < 4.78 is 0. The van der Waals surface area contributed by atoms with E-state index in [0.717, 1.165) is 30.5 Å². The van der Waals surface area contributed by atoms with Gasteiger partial charge in [0.05, 0.1) is 5.25 Å². The molecule has 16 heavy (non-hydrogen) atoms. The van der Waals surface area contributed by atoms with Crippen molar-refractivity contribution >= 4 is 33.6 Å². The van der Waals surface area contributed by atoms with Crippen LogP contribution in [-0.2, 0) is 4.79 Å². The lowest BCUT2D eigenvalue weighted by Crippen LogP contribution is -2.34. The van der Waals surface area contributed by atoms with Crippen molar-refractivity contribution < 1.29 is 4.79 Å². The Labute approximate surface area is 111 Å². The molecule has 1 rings (SSSR count). The fraction of sp³-hybridized carbons (Fsp3) is 0.917. The predicted octanol–water partition coefficient (Wildman–Crippen LogP) is 3.20. The third-order valence-electron chi connectivity index (χ3n) is 2.91. The smallest absolute Gasteiger partial charge is 0.233 e. The number of amides is 1. The summed E-state index contributed by atoms with van der Waals surface area (Å²) in [6.07, 6.45) is 5.83. The van der Waals surface area contributed by atoms with Gasteiger partial charge in [-0.25, -0.2) is 0 Å². The van der Waals surface area contributed by atoms with Gasteiger partial charge in [0, 0.05) is 11.9 Å². The molecule has 0 saturated carbocycles. The van der Waals surface area contributed by atoms with Gasteiger partial charge in [-0.05, 0) is 37.4 Å². The zero-order chi connectivity index (χ0) is 11.8. The molecule has 94 valence electrons. The highest BCUT2D eigenvalue weighted by molar-refractivity contribution is 9.09. The van der Waals surface area contributed by atoms with Crippen molar-refractivity contribution in [1.82, 2.24) is 5.32 Å². The lowest BCUT2D eigenvalue weighted by atomic mass is 10.1.